The fourth-order valence-electron chi connectivity index (χ4n) is 3.77. The Kier molecular flexibility index (Phi) is 8.27. The van der Waals surface area contributed by atoms with Crippen LogP contribution >= 0.6 is 0 Å². The highest BCUT2D eigenvalue weighted by molar-refractivity contribution is 5.86. The summed E-state index contributed by atoms with van der Waals surface area (Å²) >= 11 is 0. The Labute approximate surface area is 185 Å². The first-order chi connectivity index (χ1) is 15.1. The summed E-state index contributed by atoms with van der Waals surface area (Å²) in [6, 6.07) is 16.5. The molecule has 1 aromatic heterocycles. The summed E-state index contributed by atoms with van der Waals surface area (Å²) in [5, 5.41) is 2.83. The number of nitrogens with zero attached hydrogens (tertiary/aromatic N) is 2. The maximum atomic E-state index is 11.2. The minimum Gasteiger partial charge on any atom is -0.491 e. The molecule has 5 heteroatoms. The first-order valence-electron chi connectivity index (χ1n) is 11.2. The van der Waals surface area contributed by atoms with Crippen molar-refractivity contribution in [3.05, 3.63) is 72.6 Å². The number of rotatable bonds is 12. The van der Waals surface area contributed by atoms with Crippen LogP contribution in [0.2, 0.25) is 0 Å². The highest BCUT2D eigenvalue weighted by atomic mass is 16.5. The third-order valence-corrected chi connectivity index (χ3v) is 5.41. The smallest absolute Gasteiger partial charge is 0.243 e. The summed E-state index contributed by atoms with van der Waals surface area (Å²) in [6.45, 7) is 9.89. The maximum absolute atomic E-state index is 11.2. The van der Waals surface area contributed by atoms with E-state index in [9.17, 15) is 4.79 Å². The van der Waals surface area contributed by atoms with Gasteiger partial charge in [-0.25, -0.2) is 4.98 Å². The molecule has 1 heterocycles. The van der Waals surface area contributed by atoms with Gasteiger partial charge in [-0.1, -0.05) is 57.2 Å². The van der Waals surface area contributed by atoms with Crippen LogP contribution in [0.1, 0.15) is 50.4 Å². The number of benzene rings is 2. The van der Waals surface area contributed by atoms with E-state index in [0.29, 0.717) is 19.1 Å². The van der Waals surface area contributed by atoms with Gasteiger partial charge in [-0.3, -0.25) is 4.79 Å². The number of ether oxygens (including phenoxy) is 1. The van der Waals surface area contributed by atoms with E-state index >= 15 is 0 Å². The molecule has 0 radical (unpaired) electrons. The van der Waals surface area contributed by atoms with E-state index in [-0.39, 0.29) is 5.91 Å². The molecule has 0 bridgehead atoms. The molecule has 31 heavy (non-hydrogen) atoms. The Morgan fingerprint density at radius 1 is 1.13 bits per heavy atom. The van der Waals surface area contributed by atoms with Gasteiger partial charge in [0.05, 0.1) is 17.6 Å². The largest absolute Gasteiger partial charge is 0.491 e. The molecule has 5 nitrogen and oxygen atoms in total. The summed E-state index contributed by atoms with van der Waals surface area (Å²) in [6.07, 6.45) is 5.24. The van der Waals surface area contributed by atoms with Crippen LogP contribution in [0.5, 0.6) is 5.75 Å². The third-order valence-electron chi connectivity index (χ3n) is 5.41. The Bertz CT molecular complexity index is 1010. The molecule has 1 N–H and O–H groups in total. The van der Waals surface area contributed by atoms with Crippen molar-refractivity contribution in [1.82, 2.24) is 14.9 Å². The second-order valence-corrected chi connectivity index (χ2v) is 8.02. The second kappa shape index (κ2) is 11.3. The number of aromatic nitrogens is 2. The van der Waals surface area contributed by atoms with E-state index in [1.807, 2.05) is 18.2 Å². The van der Waals surface area contributed by atoms with E-state index in [1.54, 1.807) is 0 Å². The lowest BCUT2D eigenvalue weighted by molar-refractivity contribution is -0.116. The minimum absolute atomic E-state index is 0.110. The fraction of sp³-hybridized carbons (Fsp3) is 0.385. The molecule has 164 valence electrons. The van der Waals surface area contributed by atoms with Crippen molar-refractivity contribution in [2.75, 3.05) is 13.2 Å². The normalized spacial score (nSPS) is 11.1. The first-order valence-corrected chi connectivity index (χ1v) is 11.2. The molecule has 3 aromatic rings. The second-order valence-electron chi connectivity index (χ2n) is 8.02. The molecular weight excluding hydrogens is 386 g/mol. The molecule has 0 unspecified atom stereocenters. The van der Waals surface area contributed by atoms with Gasteiger partial charge in [-0.15, -0.1) is 0 Å². The molecular formula is C26H33N3O2. The van der Waals surface area contributed by atoms with E-state index in [4.69, 9.17) is 9.72 Å². The zero-order valence-corrected chi connectivity index (χ0v) is 18.6. The molecule has 0 saturated carbocycles. The Morgan fingerprint density at radius 3 is 2.71 bits per heavy atom. The number of carbonyl (C=O) groups excluding carboxylic acids is 1. The number of aryl methyl sites for hydroxylation is 1. The minimum atomic E-state index is -0.110. The summed E-state index contributed by atoms with van der Waals surface area (Å²) in [5.41, 5.74) is 3.41. The fourth-order valence-corrected chi connectivity index (χ4v) is 3.77. The van der Waals surface area contributed by atoms with Gasteiger partial charge in [0.25, 0.3) is 0 Å². The van der Waals surface area contributed by atoms with E-state index in [0.717, 1.165) is 54.8 Å². The molecule has 2 aromatic carbocycles. The molecule has 0 saturated heterocycles. The number of imidazole rings is 1. The third kappa shape index (κ3) is 6.20. The number of hydrogen-bond donors (Lipinski definition) is 1. The maximum Gasteiger partial charge on any atom is 0.243 e. The van der Waals surface area contributed by atoms with Crippen LogP contribution in [0.3, 0.4) is 0 Å². The molecule has 1 amide bonds. The quantitative estimate of drug-likeness (QED) is 0.322. The molecule has 3 rings (SSSR count). The number of fused-ring (bicyclic) bond motifs is 1. The average Bonchev–Trinajstić information content (AvgIpc) is 3.13. The molecule has 0 aliphatic heterocycles. The van der Waals surface area contributed by atoms with Gasteiger partial charge < -0.3 is 14.6 Å². The number of unbranched alkanes of at least 4 members (excludes halogenated alkanes) is 2. The van der Waals surface area contributed by atoms with Crippen molar-refractivity contribution in [1.29, 1.82) is 0 Å². The lowest BCUT2D eigenvalue weighted by Gasteiger charge is -2.15. The predicted octanol–water partition coefficient (Wildman–Crippen LogP) is 5.25. The van der Waals surface area contributed by atoms with Gasteiger partial charge in [0.15, 0.2) is 0 Å². The zero-order chi connectivity index (χ0) is 22.1. The highest BCUT2D eigenvalue weighted by Gasteiger charge is 2.11. The van der Waals surface area contributed by atoms with Crippen LogP contribution in [0.15, 0.2) is 61.2 Å². The van der Waals surface area contributed by atoms with Gasteiger partial charge in [-0.05, 0) is 48.6 Å². The van der Waals surface area contributed by atoms with E-state index < -0.39 is 0 Å². The SMILES string of the molecule is C=CC(=O)NCCCCCc1nc2ccccc2n1CCOc1ccccc1C(C)C. The molecule has 0 aliphatic carbocycles. The van der Waals surface area contributed by atoms with Crippen molar-refractivity contribution in [3.8, 4) is 5.75 Å². The summed E-state index contributed by atoms with van der Waals surface area (Å²) in [7, 11) is 0. The van der Waals surface area contributed by atoms with Gasteiger partial charge in [0.2, 0.25) is 5.91 Å². The number of hydrogen-bond acceptors (Lipinski definition) is 3. The highest BCUT2D eigenvalue weighted by Crippen LogP contribution is 2.26. The van der Waals surface area contributed by atoms with Crippen LogP contribution in [0.25, 0.3) is 11.0 Å². The predicted molar refractivity (Wildman–Crippen MR) is 127 cm³/mol. The number of para-hydroxylation sites is 3. The lowest BCUT2D eigenvalue weighted by atomic mass is 10.0. The summed E-state index contributed by atoms with van der Waals surface area (Å²) in [5.74, 6) is 2.38. The van der Waals surface area contributed by atoms with Gasteiger partial charge in [0.1, 0.15) is 18.2 Å². The van der Waals surface area contributed by atoms with Crippen LogP contribution in [0.4, 0.5) is 0 Å². The van der Waals surface area contributed by atoms with Crippen LogP contribution in [-0.4, -0.2) is 28.6 Å². The van der Waals surface area contributed by atoms with Crippen molar-refractivity contribution in [2.24, 2.45) is 0 Å². The summed E-state index contributed by atoms with van der Waals surface area (Å²) in [4.78, 5) is 16.1. The van der Waals surface area contributed by atoms with Crippen molar-refractivity contribution < 1.29 is 9.53 Å². The average molecular weight is 420 g/mol. The lowest BCUT2D eigenvalue weighted by Crippen LogP contribution is -2.21. The van der Waals surface area contributed by atoms with Crippen molar-refractivity contribution in [3.63, 3.8) is 0 Å². The van der Waals surface area contributed by atoms with Crippen LogP contribution in [0, 0.1) is 0 Å². The number of nitrogens with one attached hydrogen (secondary N) is 1. The van der Waals surface area contributed by atoms with Gasteiger partial charge in [-0.2, -0.15) is 0 Å². The van der Waals surface area contributed by atoms with Crippen molar-refractivity contribution >= 4 is 16.9 Å². The molecule has 0 spiro atoms. The molecule has 0 fully saturated rings. The monoisotopic (exact) mass is 419 g/mol. The first kappa shape index (κ1) is 22.6. The molecule has 0 aliphatic rings. The Morgan fingerprint density at radius 2 is 1.90 bits per heavy atom. The zero-order valence-electron chi connectivity index (χ0n) is 18.6. The van der Waals surface area contributed by atoms with Gasteiger partial charge in [0, 0.05) is 13.0 Å². The van der Waals surface area contributed by atoms with Gasteiger partial charge >= 0.3 is 0 Å². The summed E-state index contributed by atoms with van der Waals surface area (Å²) < 4.78 is 8.45. The Balaban J connectivity index is 1.60. The van der Waals surface area contributed by atoms with E-state index in [2.05, 4.69) is 60.6 Å². The standard InChI is InChI=1S/C26H33N3O2/c1-4-26(30)27-17-11-5-6-16-25-28-22-13-8-9-14-23(22)29(25)18-19-31-24-15-10-7-12-21(24)20(2)3/h4,7-10,12-15,20H,1,5-6,11,16-19H2,2-3H3,(H,27,30). The van der Waals surface area contributed by atoms with Crippen molar-refractivity contribution in [2.45, 2.75) is 52.0 Å². The van der Waals surface area contributed by atoms with Crippen LogP contribution in [-0.2, 0) is 17.8 Å². The Hall–Kier alpha value is -3.08. The topological polar surface area (TPSA) is 56.2 Å². The molecule has 0 atom stereocenters. The number of amides is 1. The number of carbonyl (C=O) groups is 1. The van der Waals surface area contributed by atoms with Crippen LogP contribution < -0.4 is 10.1 Å². The van der Waals surface area contributed by atoms with E-state index in [1.165, 1.54) is 11.6 Å².